The van der Waals surface area contributed by atoms with E-state index in [9.17, 15) is 5.26 Å². The second-order valence-corrected chi connectivity index (χ2v) is 6.81. The third-order valence-electron chi connectivity index (χ3n) is 4.71. The van der Waals surface area contributed by atoms with E-state index < -0.39 is 0 Å². The minimum Gasteiger partial charge on any atom is -0.489 e. The molecule has 1 aliphatic heterocycles. The SMILES string of the molecule is Cc1ccc(-c2cc(OCC3CN(C)CCO3)cn3ncc(C#N)c23)cn1. The highest BCUT2D eigenvalue weighted by atomic mass is 16.5. The number of rotatable bonds is 4. The first-order valence-electron chi connectivity index (χ1n) is 8.91. The number of ether oxygens (including phenoxy) is 2. The van der Waals surface area contributed by atoms with Crippen LogP contribution in [0.15, 0.2) is 36.8 Å². The van der Waals surface area contributed by atoms with Crippen molar-refractivity contribution in [2.75, 3.05) is 33.4 Å². The molecule has 3 aromatic heterocycles. The molecule has 4 rings (SSSR count). The van der Waals surface area contributed by atoms with Crippen LogP contribution in [0.1, 0.15) is 11.3 Å². The molecule has 0 spiro atoms. The third-order valence-corrected chi connectivity index (χ3v) is 4.71. The Labute approximate surface area is 157 Å². The van der Waals surface area contributed by atoms with Gasteiger partial charge in [-0.05, 0) is 26.1 Å². The topological polar surface area (TPSA) is 75.7 Å². The minimum absolute atomic E-state index is 0.0382. The number of nitriles is 1. The molecule has 27 heavy (non-hydrogen) atoms. The molecule has 7 heteroatoms. The number of hydrogen-bond acceptors (Lipinski definition) is 6. The maximum atomic E-state index is 9.44. The standard InChI is InChI=1S/C20H21N5O2/c1-14-3-4-15(9-22-14)19-7-17(12-25-20(19)16(8-21)10-23-25)27-13-18-11-24(2)5-6-26-18/h3-4,7,9-10,12,18H,5-6,11,13H2,1-2H3. The van der Waals surface area contributed by atoms with Crippen molar-refractivity contribution in [3.8, 4) is 22.9 Å². The largest absolute Gasteiger partial charge is 0.489 e. The van der Waals surface area contributed by atoms with E-state index in [4.69, 9.17) is 9.47 Å². The molecule has 4 heterocycles. The molecule has 0 aromatic carbocycles. The summed E-state index contributed by atoms with van der Waals surface area (Å²) in [5.74, 6) is 0.683. The molecule has 0 bridgehead atoms. The first-order chi connectivity index (χ1) is 13.1. The number of aromatic nitrogens is 3. The average Bonchev–Trinajstić information content (AvgIpc) is 3.09. The molecule has 1 saturated heterocycles. The normalized spacial score (nSPS) is 17.7. The summed E-state index contributed by atoms with van der Waals surface area (Å²) in [6.07, 6.45) is 5.22. The van der Waals surface area contributed by atoms with Gasteiger partial charge in [0.2, 0.25) is 0 Å². The first kappa shape index (κ1) is 17.5. The van der Waals surface area contributed by atoms with Crippen LogP contribution >= 0.6 is 0 Å². The van der Waals surface area contributed by atoms with E-state index in [0.717, 1.165) is 35.4 Å². The highest BCUT2D eigenvalue weighted by Crippen LogP contribution is 2.30. The van der Waals surface area contributed by atoms with Crippen LogP contribution in [0.25, 0.3) is 16.6 Å². The van der Waals surface area contributed by atoms with E-state index in [0.29, 0.717) is 24.5 Å². The van der Waals surface area contributed by atoms with E-state index in [1.165, 1.54) is 0 Å². The monoisotopic (exact) mass is 363 g/mol. The number of pyridine rings is 2. The second kappa shape index (κ2) is 7.35. The van der Waals surface area contributed by atoms with E-state index in [2.05, 4.69) is 28.1 Å². The zero-order valence-electron chi connectivity index (χ0n) is 15.4. The fourth-order valence-corrected chi connectivity index (χ4v) is 3.26. The van der Waals surface area contributed by atoms with Gasteiger partial charge in [-0.2, -0.15) is 10.4 Å². The lowest BCUT2D eigenvalue weighted by molar-refractivity contribution is -0.0404. The molecular weight excluding hydrogens is 342 g/mol. The van der Waals surface area contributed by atoms with Gasteiger partial charge in [0.25, 0.3) is 0 Å². The Morgan fingerprint density at radius 1 is 1.37 bits per heavy atom. The van der Waals surface area contributed by atoms with Crippen LogP contribution in [0.5, 0.6) is 5.75 Å². The van der Waals surface area contributed by atoms with E-state index in [1.54, 1.807) is 16.9 Å². The lowest BCUT2D eigenvalue weighted by Gasteiger charge is -2.29. The Morgan fingerprint density at radius 3 is 3.00 bits per heavy atom. The molecular formula is C20H21N5O2. The van der Waals surface area contributed by atoms with E-state index in [1.807, 2.05) is 31.3 Å². The second-order valence-electron chi connectivity index (χ2n) is 6.81. The van der Waals surface area contributed by atoms with Gasteiger partial charge in [-0.25, -0.2) is 4.52 Å². The van der Waals surface area contributed by atoms with Crippen molar-refractivity contribution in [2.24, 2.45) is 0 Å². The van der Waals surface area contributed by atoms with Gasteiger partial charge in [0, 0.05) is 36.1 Å². The smallest absolute Gasteiger partial charge is 0.138 e. The number of aryl methyl sites for hydroxylation is 1. The fourth-order valence-electron chi connectivity index (χ4n) is 3.26. The maximum Gasteiger partial charge on any atom is 0.138 e. The van der Waals surface area contributed by atoms with Crippen LogP contribution in [0.2, 0.25) is 0 Å². The predicted octanol–water partition coefficient (Wildman–Crippen LogP) is 2.29. The molecule has 1 aliphatic rings. The summed E-state index contributed by atoms with van der Waals surface area (Å²) in [6.45, 7) is 4.91. The highest BCUT2D eigenvalue weighted by molar-refractivity contribution is 5.84. The summed E-state index contributed by atoms with van der Waals surface area (Å²) in [7, 11) is 2.08. The van der Waals surface area contributed by atoms with Gasteiger partial charge in [0.15, 0.2) is 0 Å². The van der Waals surface area contributed by atoms with Gasteiger partial charge in [0.05, 0.1) is 30.1 Å². The Hall–Kier alpha value is -2.95. The van der Waals surface area contributed by atoms with Crippen molar-refractivity contribution < 1.29 is 9.47 Å². The van der Waals surface area contributed by atoms with Gasteiger partial charge in [-0.15, -0.1) is 0 Å². The van der Waals surface area contributed by atoms with Gasteiger partial charge < -0.3 is 14.4 Å². The summed E-state index contributed by atoms with van der Waals surface area (Å²) in [4.78, 5) is 6.61. The Kier molecular flexibility index (Phi) is 4.75. The van der Waals surface area contributed by atoms with Crippen molar-refractivity contribution in [1.82, 2.24) is 19.5 Å². The van der Waals surface area contributed by atoms with Gasteiger partial charge in [0.1, 0.15) is 24.5 Å². The molecule has 3 aromatic rings. The molecule has 1 fully saturated rings. The van der Waals surface area contributed by atoms with Crippen LogP contribution < -0.4 is 4.74 Å². The molecule has 0 saturated carbocycles. The number of hydrogen-bond donors (Lipinski definition) is 0. The zero-order valence-corrected chi connectivity index (χ0v) is 15.4. The van der Waals surface area contributed by atoms with Crippen molar-refractivity contribution >= 4 is 5.52 Å². The number of fused-ring (bicyclic) bond motifs is 1. The van der Waals surface area contributed by atoms with Crippen LogP contribution in [0.4, 0.5) is 0 Å². The lowest BCUT2D eigenvalue weighted by Crippen LogP contribution is -2.42. The fraction of sp³-hybridized carbons (Fsp3) is 0.350. The average molecular weight is 363 g/mol. The molecule has 1 unspecified atom stereocenters. The van der Waals surface area contributed by atoms with E-state index in [-0.39, 0.29) is 6.10 Å². The molecule has 0 radical (unpaired) electrons. The number of morpholine rings is 1. The van der Waals surface area contributed by atoms with Crippen molar-refractivity contribution in [2.45, 2.75) is 13.0 Å². The summed E-state index contributed by atoms with van der Waals surface area (Å²) < 4.78 is 13.5. The maximum absolute atomic E-state index is 9.44. The minimum atomic E-state index is 0.0382. The lowest BCUT2D eigenvalue weighted by atomic mass is 10.1. The van der Waals surface area contributed by atoms with Crippen molar-refractivity contribution in [1.29, 1.82) is 5.26 Å². The van der Waals surface area contributed by atoms with Crippen LogP contribution in [0.3, 0.4) is 0 Å². The first-order valence-corrected chi connectivity index (χ1v) is 8.91. The summed E-state index contributed by atoms with van der Waals surface area (Å²) in [6, 6.07) is 8.10. The molecule has 138 valence electrons. The van der Waals surface area contributed by atoms with Crippen LogP contribution in [-0.4, -0.2) is 59.0 Å². The van der Waals surface area contributed by atoms with Gasteiger partial charge >= 0.3 is 0 Å². The van der Waals surface area contributed by atoms with Crippen molar-refractivity contribution in [3.05, 3.63) is 48.0 Å². The summed E-state index contributed by atoms with van der Waals surface area (Å²) in [5, 5.41) is 13.8. The molecule has 7 nitrogen and oxygen atoms in total. The molecule has 1 atom stereocenters. The van der Waals surface area contributed by atoms with Gasteiger partial charge in [-0.3, -0.25) is 4.98 Å². The number of likely N-dealkylation sites (N-methyl/N-ethyl adjacent to an activating group) is 1. The van der Waals surface area contributed by atoms with Crippen molar-refractivity contribution in [3.63, 3.8) is 0 Å². The zero-order chi connectivity index (χ0) is 18.8. The van der Waals surface area contributed by atoms with Crippen LogP contribution in [-0.2, 0) is 4.74 Å². The Balaban J connectivity index is 1.68. The van der Waals surface area contributed by atoms with Gasteiger partial charge in [-0.1, -0.05) is 6.07 Å². The molecule has 0 aliphatic carbocycles. The quantitative estimate of drug-likeness (QED) is 0.708. The summed E-state index contributed by atoms with van der Waals surface area (Å²) in [5.41, 5.74) is 4.01. The summed E-state index contributed by atoms with van der Waals surface area (Å²) >= 11 is 0. The van der Waals surface area contributed by atoms with Crippen LogP contribution in [0, 0.1) is 18.3 Å². The third kappa shape index (κ3) is 3.63. The number of nitrogens with zero attached hydrogens (tertiary/aromatic N) is 5. The highest BCUT2D eigenvalue weighted by Gasteiger charge is 2.19. The Morgan fingerprint density at radius 2 is 2.26 bits per heavy atom. The molecule has 0 amide bonds. The predicted molar refractivity (Wildman–Crippen MR) is 101 cm³/mol. The Bertz CT molecular complexity index is 990. The molecule has 0 N–H and O–H groups in total. The van der Waals surface area contributed by atoms with E-state index >= 15 is 0 Å².